The highest BCUT2D eigenvalue weighted by Crippen LogP contribution is 2.62. The van der Waals surface area contributed by atoms with Crippen LogP contribution < -0.4 is 5.32 Å². The molecule has 0 spiro atoms. The van der Waals surface area contributed by atoms with Crippen molar-refractivity contribution in [2.45, 2.75) is 40.7 Å². The van der Waals surface area contributed by atoms with Gasteiger partial charge in [0.2, 0.25) is 0 Å². The Bertz CT molecular complexity index is 280. The molecule has 0 aliphatic heterocycles. The number of nitrogens with one attached hydrogen (secondary N) is 1. The highest BCUT2D eigenvalue weighted by Gasteiger charge is 2.65. The summed E-state index contributed by atoms with van der Waals surface area (Å²) in [4.78, 5) is 22.5. The largest absolute Gasteiger partial charge is 0.459 e. The van der Waals surface area contributed by atoms with Gasteiger partial charge < -0.3 is 10.1 Å². The minimum Gasteiger partial charge on any atom is -0.459 e. The van der Waals surface area contributed by atoms with Crippen LogP contribution in [-0.4, -0.2) is 24.5 Å². The van der Waals surface area contributed by atoms with Crippen molar-refractivity contribution < 1.29 is 14.3 Å². The summed E-state index contributed by atoms with van der Waals surface area (Å²) < 4.78 is 4.62. The van der Waals surface area contributed by atoms with E-state index in [1.165, 1.54) is 0 Å². The number of hydrogen-bond donors (Lipinski definition) is 1. The van der Waals surface area contributed by atoms with Gasteiger partial charge in [-0.2, -0.15) is 0 Å². The van der Waals surface area contributed by atoms with Crippen LogP contribution in [-0.2, 0) is 14.3 Å². The quantitative estimate of drug-likeness (QED) is 0.552. The maximum Gasteiger partial charge on any atom is 0.396 e. The summed E-state index contributed by atoms with van der Waals surface area (Å²) in [5, 5.41) is 2.71. The van der Waals surface area contributed by atoms with Crippen molar-refractivity contribution in [2.24, 2.45) is 10.8 Å². The number of rotatable bonds is 2. The third-order valence-electron chi connectivity index (χ3n) is 3.76. The monoisotopic (exact) mass is 213 g/mol. The molecule has 0 bridgehead atoms. The van der Waals surface area contributed by atoms with E-state index in [-0.39, 0.29) is 23.5 Å². The summed E-state index contributed by atoms with van der Waals surface area (Å²) in [5.41, 5.74) is 0.0737. The molecule has 0 aromatic carbocycles. The maximum absolute atomic E-state index is 11.4. The standard InChI is InChI=1S/C11H19NO3/c1-6-15-8(14)7(13)12-9-10(2,3)11(9,4)5/h9H,6H2,1-5H3,(H,12,13). The first-order valence-electron chi connectivity index (χ1n) is 5.22. The van der Waals surface area contributed by atoms with E-state index in [1.807, 2.05) is 0 Å². The second-order valence-corrected chi connectivity index (χ2v) is 5.07. The van der Waals surface area contributed by atoms with Gasteiger partial charge >= 0.3 is 11.9 Å². The number of hydrogen-bond acceptors (Lipinski definition) is 3. The van der Waals surface area contributed by atoms with Gasteiger partial charge in [0.1, 0.15) is 0 Å². The van der Waals surface area contributed by atoms with Crippen molar-refractivity contribution in [3.8, 4) is 0 Å². The fourth-order valence-corrected chi connectivity index (χ4v) is 1.94. The Morgan fingerprint density at radius 3 is 2.00 bits per heavy atom. The summed E-state index contributed by atoms with van der Waals surface area (Å²) in [6.07, 6.45) is 0. The second-order valence-electron chi connectivity index (χ2n) is 5.07. The molecule has 15 heavy (non-hydrogen) atoms. The van der Waals surface area contributed by atoms with Crippen molar-refractivity contribution in [3.05, 3.63) is 0 Å². The van der Waals surface area contributed by atoms with Crippen LogP contribution in [0.2, 0.25) is 0 Å². The predicted molar refractivity (Wildman–Crippen MR) is 56.1 cm³/mol. The highest BCUT2D eigenvalue weighted by atomic mass is 16.5. The molecule has 0 radical (unpaired) electrons. The van der Waals surface area contributed by atoms with Gasteiger partial charge in [0, 0.05) is 6.04 Å². The van der Waals surface area contributed by atoms with E-state index < -0.39 is 11.9 Å². The molecular weight excluding hydrogens is 194 g/mol. The van der Waals surface area contributed by atoms with Gasteiger partial charge in [-0.25, -0.2) is 4.79 Å². The van der Waals surface area contributed by atoms with Gasteiger partial charge in [-0.3, -0.25) is 4.79 Å². The molecule has 0 unspecified atom stereocenters. The number of ether oxygens (including phenoxy) is 1. The fraction of sp³-hybridized carbons (Fsp3) is 0.818. The molecule has 1 amide bonds. The minimum atomic E-state index is -0.795. The Kier molecular flexibility index (Phi) is 2.81. The van der Waals surface area contributed by atoms with Gasteiger partial charge in [-0.05, 0) is 17.8 Å². The molecule has 0 heterocycles. The Labute approximate surface area is 90.4 Å². The van der Waals surface area contributed by atoms with Crippen molar-refractivity contribution >= 4 is 11.9 Å². The minimum absolute atomic E-state index is 0.0369. The summed E-state index contributed by atoms with van der Waals surface area (Å²) in [7, 11) is 0. The van der Waals surface area contributed by atoms with E-state index in [4.69, 9.17) is 0 Å². The topological polar surface area (TPSA) is 55.4 Å². The van der Waals surface area contributed by atoms with Gasteiger partial charge in [-0.15, -0.1) is 0 Å². The lowest BCUT2D eigenvalue weighted by Crippen LogP contribution is -2.36. The van der Waals surface area contributed by atoms with Crippen LogP contribution in [0.5, 0.6) is 0 Å². The second kappa shape index (κ2) is 3.51. The van der Waals surface area contributed by atoms with Gasteiger partial charge in [0.05, 0.1) is 6.61 Å². The Morgan fingerprint density at radius 2 is 1.67 bits per heavy atom. The van der Waals surface area contributed by atoms with E-state index in [0.29, 0.717) is 0 Å². The molecule has 0 saturated heterocycles. The average Bonchev–Trinajstić information content (AvgIpc) is 2.48. The summed E-state index contributed by atoms with van der Waals surface area (Å²) in [5.74, 6) is -1.43. The molecule has 0 aromatic rings. The summed E-state index contributed by atoms with van der Waals surface area (Å²) in [6.45, 7) is 10.2. The summed E-state index contributed by atoms with van der Waals surface area (Å²) >= 11 is 0. The van der Waals surface area contributed by atoms with E-state index in [0.717, 1.165) is 0 Å². The molecule has 1 aliphatic rings. The molecular formula is C11H19NO3. The maximum atomic E-state index is 11.4. The van der Waals surface area contributed by atoms with Crippen LogP contribution >= 0.6 is 0 Å². The highest BCUT2D eigenvalue weighted by molar-refractivity contribution is 6.32. The zero-order valence-electron chi connectivity index (χ0n) is 10.0. The van der Waals surface area contributed by atoms with E-state index in [1.54, 1.807) is 6.92 Å². The average molecular weight is 213 g/mol. The molecule has 1 fully saturated rings. The molecule has 86 valence electrons. The van der Waals surface area contributed by atoms with Crippen LogP contribution in [0.15, 0.2) is 0 Å². The van der Waals surface area contributed by atoms with E-state index in [9.17, 15) is 9.59 Å². The van der Waals surface area contributed by atoms with Crippen molar-refractivity contribution in [1.82, 2.24) is 5.32 Å². The molecule has 1 rings (SSSR count). The van der Waals surface area contributed by atoms with Crippen LogP contribution in [0.25, 0.3) is 0 Å². The first-order valence-corrected chi connectivity index (χ1v) is 5.22. The fourth-order valence-electron chi connectivity index (χ4n) is 1.94. The lowest BCUT2D eigenvalue weighted by Gasteiger charge is -2.05. The van der Waals surface area contributed by atoms with Crippen LogP contribution in [0, 0.1) is 10.8 Å². The predicted octanol–water partition coefficient (Wildman–Crippen LogP) is 1.10. The lowest BCUT2D eigenvalue weighted by molar-refractivity contribution is -0.154. The van der Waals surface area contributed by atoms with Crippen molar-refractivity contribution in [2.75, 3.05) is 6.61 Å². The molecule has 4 nitrogen and oxygen atoms in total. The summed E-state index contributed by atoms with van der Waals surface area (Å²) in [6, 6.07) is 0.0434. The van der Waals surface area contributed by atoms with Gasteiger partial charge in [-0.1, -0.05) is 27.7 Å². The van der Waals surface area contributed by atoms with Gasteiger partial charge in [0.15, 0.2) is 0 Å². The molecule has 1 N–H and O–H groups in total. The van der Waals surface area contributed by atoms with Crippen LogP contribution in [0.1, 0.15) is 34.6 Å². The first kappa shape index (κ1) is 12.0. The third-order valence-corrected chi connectivity index (χ3v) is 3.76. The van der Waals surface area contributed by atoms with Crippen LogP contribution in [0.3, 0.4) is 0 Å². The van der Waals surface area contributed by atoms with E-state index in [2.05, 4.69) is 37.7 Å². The third kappa shape index (κ3) is 1.85. The number of carbonyl (C=O) groups is 2. The zero-order valence-corrected chi connectivity index (χ0v) is 10.0. The Balaban J connectivity index is 2.52. The molecule has 1 aliphatic carbocycles. The number of amides is 1. The van der Waals surface area contributed by atoms with E-state index >= 15 is 0 Å². The molecule has 0 aromatic heterocycles. The van der Waals surface area contributed by atoms with Crippen molar-refractivity contribution in [3.63, 3.8) is 0 Å². The molecule has 1 saturated carbocycles. The molecule has 0 atom stereocenters. The SMILES string of the molecule is CCOC(=O)C(=O)NC1C(C)(C)C1(C)C. The Morgan fingerprint density at radius 1 is 1.20 bits per heavy atom. The van der Waals surface area contributed by atoms with Crippen LogP contribution in [0.4, 0.5) is 0 Å². The lowest BCUT2D eigenvalue weighted by atomic mass is 10.0. The number of esters is 1. The number of carbonyl (C=O) groups excluding carboxylic acids is 2. The Hall–Kier alpha value is -1.06. The first-order chi connectivity index (χ1) is 6.75. The smallest absolute Gasteiger partial charge is 0.396 e. The van der Waals surface area contributed by atoms with Crippen molar-refractivity contribution in [1.29, 1.82) is 0 Å². The normalized spacial score (nSPS) is 21.9. The molecule has 4 heteroatoms. The van der Waals surface area contributed by atoms with Gasteiger partial charge in [0.25, 0.3) is 0 Å². The zero-order chi connectivity index (χ0) is 11.9.